The number of carbonyl (C=O) groups excluding carboxylic acids is 1. The summed E-state index contributed by atoms with van der Waals surface area (Å²) in [6, 6.07) is 3.57. The van der Waals surface area contributed by atoms with E-state index in [2.05, 4.69) is 26.8 Å². The van der Waals surface area contributed by atoms with Crippen molar-refractivity contribution in [2.75, 3.05) is 27.9 Å². The van der Waals surface area contributed by atoms with E-state index in [1.165, 1.54) is 11.6 Å². The fourth-order valence-corrected chi connectivity index (χ4v) is 5.25. The highest BCUT2D eigenvalue weighted by molar-refractivity contribution is 5.87. The van der Waals surface area contributed by atoms with Crippen molar-refractivity contribution in [2.45, 2.75) is 69.9 Å². The van der Waals surface area contributed by atoms with E-state index < -0.39 is 0 Å². The first-order chi connectivity index (χ1) is 16.2. The van der Waals surface area contributed by atoms with Crippen molar-refractivity contribution in [2.24, 2.45) is 5.92 Å². The van der Waals surface area contributed by atoms with Crippen molar-refractivity contribution < 1.29 is 33.2 Å². The van der Waals surface area contributed by atoms with Crippen LogP contribution in [0.4, 0.5) is 0 Å². The molecule has 0 unspecified atom stereocenters. The summed E-state index contributed by atoms with van der Waals surface area (Å²) >= 11 is 0. The summed E-state index contributed by atoms with van der Waals surface area (Å²) in [6.07, 6.45) is 8.77. The third-order valence-electron chi connectivity index (χ3n) is 7.33. The Balaban J connectivity index is 1.39. The van der Waals surface area contributed by atoms with Crippen molar-refractivity contribution in [3.8, 4) is 17.2 Å². The SMILES string of the molecule is COc1cc(/C=C/C(=O)O[C@@H]2CC[C@]3(CO3)[C@@H]([C@]3(C)O[C@@H]3CC=C(C)C)C2)cc(OC)c1OC. The van der Waals surface area contributed by atoms with E-state index in [0.29, 0.717) is 17.2 Å². The number of ether oxygens (including phenoxy) is 6. The number of esters is 1. The third-order valence-corrected chi connectivity index (χ3v) is 7.33. The van der Waals surface area contributed by atoms with E-state index >= 15 is 0 Å². The van der Waals surface area contributed by atoms with E-state index in [9.17, 15) is 4.79 Å². The van der Waals surface area contributed by atoms with Crippen molar-refractivity contribution in [3.05, 3.63) is 35.4 Å². The fraction of sp³-hybridized carbons (Fsp3) is 0.593. The highest BCUT2D eigenvalue weighted by Crippen LogP contribution is 2.59. The molecule has 0 bridgehead atoms. The number of rotatable bonds is 9. The smallest absolute Gasteiger partial charge is 0.331 e. The summed E-state index contributed by atoms with van der Waals surface area (Å²) in [5.41, 5.74) is 1.71. The summed E-state index contributed by atoms with van der Waals surface area (Å²) in [7, 11) is 4.67. The molecule has 3 fully saturated rings. The maximum Gasteiger partial charge on any atom is 0.331 e. The van der Waals surface area contributed by atoms with Crippen LogP contribution in [0.3, 0.4) is 0 Å². The minimum atomic E-state index is -0.367. The first kappa shape index (κ1) is 24.6. The Morgan fingerprint density at radius 3 is 2.38 bits per heavy atom. The van der Waals surface area contributed by atoms with E-state index in [-0.39, 0.29) is 35.3 Å². The van der Waals surface area contributed by atoms with Crippen LogP contribution in [0.2, 0.25) is 0 Å². The zero-order chi connectivity index (χ0) is 24.5. The van der Waals surface area contributed by atoms with Gasteiger partial charge in [-0.25, -0.2) is 4.79 Å². The Labute approximate surface area is 202 Å². The van der Waals surface area contributed by atoms with E-state index in [4.69, 9.17) is 28.4 Å². The average Bonchev–Trinajstić information content (AvgIpc) is 3.74. The lowest BCUT2D eigenvalue weighted by Gasteiger charge is -2.36. The largest absolute Gasteiger partial charge is 0.493 e. The topological polar surface area (TPSA) is 79.1 Å². The molecular weight excluding hydrogens is 436 g/mol. The molecule has 7 nitrogen and oxygen atoms in total. The molecule has 1 aliphatic carbocycles. The predicted octanol–water partition coefficient (Wildman–Crippen LogP) is 4.72. The van der Waals surface area contributed by atoms with Crippen LogP contribution in [0, 0.1) is 5.92 Å². The molecule has 5 atom stereocenters. The summed E-state index contributed by atoms with van der Waals surface area (Å²) in [4.78, 5) is 12.6. The Morgan fingerprint density at radius 2 is 1.82 bits per heavy atom. The van der Waals surface area contributed by atoms with Gasteiger partial charge in [0, 0.05) is 12.0 Å². The first-order valence-corrected chi connectivity index (χ1v) is 11.9. The highest BCUT2D eigenvalue weighted by atomic mass is 16.6. The lowest BCUT2D eigenvalue weighted by molar-refractivity contribution is -0.147. The van der Waals surface area contributed by atoms with Crippen LogP contribution in [-0.2, 0) is 19.0 Å². The Bertz CT molecular complexity index is 948. The number of hydrogen-bond acceptors (Lipinski definition) is 7. The molecule has 0 radical (unpaired) electrons. The monoisotopic (exact) mass is 472 g/mol. The lowest BCUT2D eigenvalue weighted by Crippen LogP contribution is -2.44. The molecule has 1 saturated carbocycles. The molecule has 0 aromatic heterocycles. The molecule has 7 heteroatoms. The van der Waals surface area contributed by atoms with Crippen LogP contribution in [0.1, 0.15) is 52.0 Å². The number of benzene rings is 1. The van der Waals surface area contributed by atoms with Gasteiger partial charge in [-0.05, 0) is 70.2 Å². The molecular formula is C27H36O7. The molecule has 0 N–H and O–H groups in total. The van der Waals surface area contributed by atoms with Crippen LogP contribution in [0.25, 0.3) is 6.08 Å². The number of epoxide rings is 2. The average molecular weight is 473 g/mol. The van der Waals surface area contributed by atoms with Crippen LogP contribution >= 0.6 is 0 Å². The van der Waals surface area contributed by atoms with Crippen molar-refractivity contribution in [1.82, 2.24) is 0 Å². The summed E-state index contributed by atoms with van der Waals surface area (Å²) in [6.45, 7) is 7.16. The van der Waals surface area contributed by atoms with Gasteiger partial charge in [0.2, 0.25) is 5.75 Å². The normalized spacial score (nSPS) is 31.8. The van der Waals surface area contributed by atoms with Crippen LogP contribution in [0.15, 0.2) is 29.9 Å². The molecule has 2 saturated heterocycles. The van der Waals surface area contributed by atoms with Gasteiger partial charge in [0.1, 0.15) is 6.10 Å². The molecule has 2 heterocycles. The molecule has 3 aliphatic rings. The fourth-order valence-electron chi connectivity index (χ4n) is 5.25. The maximum absolute atomic E-state index is 12.6. The summed E-state index contributed by atoms with van der Waals surface area (Å²) in [5, 5.41) is 0. The molecule has 1 spiro atoms. The maximum atomic E-state index is 12.6. The van der Waals surface area contributed by atoms with Gasteiger partial charge < -0.3 is 28.4 Å². The summed E-state index contributed by atoms with van der Waals surface area (Å²) in [5.74, 6) is 1.42. The third kappa shape index (κ3) is 4.96. The quantitative estimate of drug-likeness (QED) is 0.223. The number of allylic oxidation sites excluding steroid dienone is 1. The van der Waals surface area contributed by atoms with Gasteiger partial charge in [0.15, 0.2) is 11.5 Å². The van der Waals surface area contributed by atoms with Gasteiger partial charge in [0.05, 0.1) is 45.2 Å². The van der Waals surface area contributed by atoms with Gasteiger partial charge in [-0.15, -0.1) is 0 Å². The van der Waals surface area contributed by atoms with Gasteiger partial charge in [-0.2, -0.15) is 0 Å². The Morgan fingerprint density at radius 1 is 1.15 bits per heavy atom. The molecule has 1 aromatic rings. The highest BCUT2D eigenvalue weighted by Gasteiger charge is 2.68. The van der Waals surface area contributed by atoms with E-state index in [1.54, 1.807) is 39.5 Å². The molecule has 4 rings (SSSR count). The molecule has 1 aromatic carbocycles. The summed E-state index contributed by atoms with van der Waals surface area (Å²) < 4.78 is 34.1. The van der Waals surface area contributed by atoms with E-state index in [1.807, 2.05) is 0 Å². The zero-order valence-electron chi connectivity index (χ0n) is 21.0. The second kappa shape index (κ2) is 9.62. The molecule has 0 amide bonds. The Kier molecular flexibility index (Phi) is 6.97. The molecule has 186 valence electrons. The number of hydrogen-bond donors (Lipinski definition) is 0. The van der Waals surface area contributed by atoms with Crippen LogP contribution in [0.5, 0.6) is 17.2 Å². The van der Waals surface area contributed by atoms with Crippen molar-refractivity contribution in [3.63, 3.8) is 0 Å². The minimum Gasteiger partial charge on any atom is -0.493 e. The standard InChI is InChI=1S/C27H36O7/c1-17(2)7-9-23-26(3,34-23)22-15-19(11-12-27(22)16-32-27)33-24(28)10-8-18-13-20(29-4)25(31-6)21(14-18)30-5/h7-8,10,13-14,19,22-23H,9,11-12,15-16H2,1-6H3/b10-8+/t19-,22-,23-,26+,27+/m1/s1. The first-order valence-electron chi connectivity index (χ1n) is 11.9. The zero-order valence-corrected chi connectivity index (χ0v) is 21.0. The van der Waals surface area contributed by atoms with Gasteiger partial charge in [-0.3, -0.25) is 0 Å². The van der Waals surface area contributed by atoms with Gasteiger partial charge >= 0.3 is 5.97 Å². The van der Waals surface area contributed by atoms with Crippen LogP contribution < -0.4 is 14.2 Å². The van der Waals surface area contributed by atoms with Crippen molar-refractivity contribution in [1.29, 1.82) is 0 Å². The second-order valence-corrected chi connectivity index (χ2v) is 9.84. The Hall–Kier alpha value is -2.51. The number of carbonyl (C=O) groups is 1. The second-order valence-electron chi connectivity index (χ2n) is 9.84. The predicted molar refractivity (Wildman–Crippen MR) is 128 cm³/mol. The van der Waals surface area contributed by atoms with Crippen molar-refractivity contribution >= 4 is 12.0 Å². The van der Waals surface area contributed by atoms with Gasteiger partial charge in [-0.1, -0.05) is 11.6 Å². The lowest BCUT2D eigenvalue weighted by atomic mass is 9.70. The van der Waals surface area contributed by atoms with Crippen LogP contribution in [-0.4, -0.2) is 57.3 Å². The van der Waals surface area contributed by atoms with E-state index in [0.717, 1.165) is 37.9 Å². The number of methoxy groups -OCH3 is 3. The van der Waals surface area contributed by atoms with Gasteiger partial charge in [0.25, 0.3) is 0 Å². The minimum absolute atomic E-state index is 0.108. The molecule has 2 aliphatic heterocycles. The molecule has 34 heavy (non-hydrogen) atoms.